The Morgan fingerprint density at radius 2 is 0.909 bits per heavy atom. The lowest BCUT2D eigenvalue weighted by Gasteiger charge is -2.42. The largest absolute Gasteiger partial charge is 0.343 e. The third-order valence-electron chi connectivity index (χ3n) is 16.3. The van der Waals surface area contributed by atoms with Crippen molar-refractivity contribution in [2.45, 2.75) is 229 Å². The van der Waals surface area contributed by atoms with Crippen molar-refractivity contribution in [2.24, 2.45) is 41.4 Å². The van der Waals surface area contributed by atoms with Crippen LogP contribution in [0.4, 0.5) is 0 Å². The summed E-state index contributed by atoms with van der Waals surface area (Å²) in [7, 11) is 10.0. The fraction of sp³-hybridized carbons (Fsp3) is 0.781. The molecule has 0 aliphatic carbocycles. The summed E-state index contributed by atoms with van der Waals surface area (Å²) in [6.07, 6.45) is 4.75. The maximum atomic E-state index is 15.4. The van der Waals surface area contributed by atoms with E-state index in [1.807, 2.05) is 81.4 Å². The molecule has 23 nitrogen and oxygen atoms in total. The van der Waals surface area contributed by atoms with Crippen LogP contribution in [0.5, 0.6) is 0 Å². The zero-order valence-corrected chi connectivity index (χ0v) is 58.8. The van der Waals surface area contributed by atoms with Gasteiger partial charge in [-0.05, 0) is 101 Å². The number of thioether (sulfide) groups is 1. The summed E-state index contributed by atoms with van der Waals surface area (Å²) < 4.78 is 0. The predicted octanol–water partition coefficient (Wildman–Crippen LogP) is 4.56. The van der Waals surface area contributed by atoms with Crippen molar-refractivity contribution in [2.75, 3.05) is 55.9 Å². The third kappa shape index (κ3) is 22.8. The van der Waals surface area contributed by atoms with Gasteiger partial charge < -0.3 is 55.6 Å². The van der Waals surface area contributed by atoms with Crippen LogP contribution in [-0.2, 0) is 57.5 Å². The number of carbonyl (C=O) groups excluding carboxylic acids is 12. The van der Waals surface area contributed by atoms with Gasteiger partial charge in [-0.1, -0.05) is 121 Å². The molecule has 1 heterocycles. The number of rotatable bonds is 16. The maximum Gasteiger partial charge on any atom is 0.246 e. The van der Waals surface area contributed by atoms with E-state index in [1.165, 1.54) is 99.5 Å². The van der Waals surface area contributed by atoms with Crippen LogP contribution >= 0.6 is 11.8 Å². The van der Waals surface area contributed by atoms with Crippen molar-refractivity contribution in [3.05, 3.63) is 12.2 Å². The van der Waals surface area contributed by atoms with E-state index in [9.17, 15) is 38.4 Å². The third-order valence-corrected chi connectivity index (χ3v) is 17.7. The smallest absolute Gasteiger partial charge is 0.246 e. The Bertz CT molecular complexity index is 2450. The Hall–Kier alpha value is -6.07. The molecule has 1 fully saturated rings. The Morgan fingerprint density at radius 1 is 0.489 bits per heavy atom. The fourth-order valence-electron chi connectivity index (χ4n) is 11.0. The van der Waals surface area contributed by atoms with Crippen molar-refractivity contribution < 1.29 is 57.5 Å². The summed E-state index contributed by atoms with van der Waals surface area (Å²) in [6, 6.07) is -12.2. The lowest BCUT2D eigenvalue weighted by atomic mass is 9.93. The van der Waals surface area contributed by atoms with Gasteiger partial charge in [0.2, 0.25) is 65.0 Å². The lowest BCUT2D eigenvalue weighted by molar-refractivity contribution is -0.156. The molecule has 0 spiro atoms. The van der Waals surface area contributed by atoms with Gasteiger partial charge in [0.25, 0.3) is 0 Å². The molecule has 0 radical (unpaired) electrons. The maximum absolute atomic E-state index is 15.4. The van der Waals surface area contributed by atoms with Gasteiger partial charge in [-0.15, -0.1) is 0 Å². The van der Waals surface area contributed by atoms with Gasteiger partial charge in [-0.2, -0.15) is 0 Å². The highest BCUT2D eigenvalue weighted by Crippen LogP contribution is 2.32. The first-order chi connectivity index (χ1) is 40.6. The second kappa shape index (κ2) is 36.6. The van der Waals surface area contributed by atoms with Crippen LogP contribution in [0, 0.1) is 41.4 Å². The first-order valence-corrected chi connectivity index (χ1v) is 32.3. The molecule has 1 aliphatic rings. The lowest BCUT2D eigenvalue weighted by Crippen LogP contribution is -2.63. The number of hydrogen-bond acceptors (Lipinski definition) is 13. The minimum absolute atomic E-state index is 0.0312. The molecule has 0 saturated carbocycles. The Morgan fingerprint density at radius 3 is 1.35 bits per heavy atom. The molecule has 0 aromatic rings. The molecule has 1 saturated heterocycles. The molecule has 88 heavy (non-hydrogen) atoms. The molecular formula is C64H113N11O12S. The van der Waals surface area contributed by atoms with Gasteiger partial charge in [-0.25, -0.2) is 0 Å². The second-order valence-corrected chi connectivity index (χ2v) is 28.0. The summed E-state index contributed by atoms with van der Waals surface area (Å²) in [5.74, 6) is -9.36. The first-order valence-electron chi connectivity index (χ1n) is 31.4. The van der Waals surface area contributed by atoms with Crippen molar-refractivity contribution in [1.82, 2.24) is 55.6 Å². The van der Waals surface area contributed by atoms with Crippen molar-refractivity contribution in [3.8, 4) is 0 Å². The summed E-state index contributed by atoms with van der Waals surface area (Å²) in [5, 5.41) is 9.87. The van der Waals surface area contributed by atoms with Gasteiger partial charge in [0.05, 0.1) is 6.54 Å². The molecule has 4 N–H and O–H groups in total. The summed E-state index contributed by atoms with van der Waals surface area (Å²) in [4.78, 5) is 183. The SMILES string of the molecule is C/C=C/C[C@@H](C)[C@@H](SC(C)=O)[C@H]1C(=O)N[C@@H](CC)C(=O)N(C)CC(=O)N(C)[C@@H](CC(C)C)C(=O)N[C@@H](C(C)C)C(=O)N(C)[C@@H](CC(C)C)C(=O)N[C@@H](C)C(=O)N[C@H](C)C(=O)N(C)[C@@H](CC(C)C)C(=O)N(C)[C@@H](CC(C)C)C(=O)N(C)[C@@H](C(C)C)C(=O)N1C. The van der Waals surface area contributed by atoms with Gasteiger partial charge >= 0.3 is 0 Å². The van der Waals surface area contributed by atoms with Gasteiger partial charge in [-0.3, -0.25) is 57.5 Å². The molecule has 502 valence electrons. The molecule has 0 aromatic carbocycles. The summed E-state index contributed by atoms with van der Waals surface area (Å²) in [5.41, 5.74) is 0. The number of allylic oxidation sites excluding steroid dienone is 2. The van der Waals surface area contributed by atoms with E-state index in [4.69, 9.17) is 0 Å². The highest BCUT2D eigenvalue weighted by molar-refractivity contribution is 8.14. The Balaban J connectivity index is 4.43. The number of likely N-dealkylation sites (N-methyl/N-ethyl adjacent to an activating group) is 7. The Kier molecular flexibility index (Phi) is 33.2. The number of carbonyl (C=O) groups is 12. The van der Waals surface area contributed by atoms with Crippen LogP contribution in [0.25, 0.3) is 0 Å². The van der Waals surface area contributed by atoms with E-state index >= 15 is 19.2 Å². The van der Waals surface area contributed by atoms with E-state index in [-0.39, 0.29) is 60.9 Å². The van der Waals surface area contributed by atoms with Gasteiger partial charge in [0.15, 0.2) is 5.12 Å². The van der Waals surface area contributed by atoms with Crippen LogP contribution in [-0.4, -0.2) is 226 Å². The average Bonchev–Trinajstić information content (AvgIpc) is 2.69. The fourth-order valence-corrected chi connectivity index (χ4v) is 12.2. The number of hydrogen-bond donors (Lipinski definition) is 4. The van der Waals surface area contributed by atoms with Crippen molar-refractivity contribution in [3.63, 3.8) is 0 Å². The summed E-state index contributed by atoms with van der Waals surface area (Å²) >= 11 is 0.878. The topological polar surface area (TPSA) is 276 Å². The number of nitrogens with one attached hydrogen (secondary N) is 4. The highest BCUT2D eigenvalue weighted by atomic mass is 32.2. The first kappa shape index (κ1) is 79.9. The van der Waals surface area contributed by atoms with E-state index in [2.05, 4.69) is 21.3 Å². The zero-order chi connectivity index (χ0) is 68.3. The molecular weight excluding hydrogens is 1150 g/mol. The molecule has 1 rings (SSSR count). The molecule has 0 bridgehead atoms. The van der Waals surface area contributed by atoms with E-state index in [1.54, 1.807) is 34.6 Å². The summed E-state index contributed by atoms with van der Waals surface area (Å²) in [6.45, 7) is 30.9. The average molecular weight is 1260 g/mol. The van der Waals surface area contributed by atoms with Crippen LogP contribution in [0.3, 0.4) is 0 Å². The molecule has 1 aliphatic heterocycles. The molecule has 24 heteroatoms. The monoisotopic (exact) mass is 1260 g/mol. The standard InChI is InChI=1S/C64H113N11O12S/c1-26-28-29-41(15)54(88-44(18)76)53-58(81)67-45(27-2)60(83)69(19)34-50(77)70(20)46(30-35(3)4)57(80)68-51(39(11)12)63(86)71(21)47(31-36(5)6)56(79)65-42(16)55(78)66-43(17)59(82)72(22)48(32-37(7)8)61(84)73(23)49(33-38(9)10)62(85)74(24)52(40(13)14)64(87)75(53)25/h26,28,35-43,45-49,51-54H,27,29-34H2,1-25H3,(H,65,79)(H,66,78)(H,67,81)(H,68,80)/b28-26+/t41-,42+,43-,45+,46+,47+,48+,49+,51+,52+,53+,54-/m1/s1. The van der Waals surface area contributed by atoms with Crippen LogP contribution in [0.15, 0.2) is 12.2 Å². The number of nitrogens with zero attached hydrogens (tertiary/aromatic N) is 7. The van der Waals surface area contributed by atoms with Crippen LogP contribution in [0.1, 0.15) is 163 Å². The number of amides is 11. The molecule has 0 aromatic heterocycles. The zero-order valence-electron chi connectivity index (χ0n) is 57.9. The van der Waals surface area contributed by atoms with Crippen LogP contribution in [0.2, 0.25) is 0 Å². The quantitative estimate of drug-likeness (QED) is 0.155. The minimum atomic E-state index is -1.42. The Labute approximate surface area is 531 Å². The van der Waals surface area contributed by atoms with E-state index in [0.29, 0.717) is 6.42 Å². The minimum Gasteiger partial charge on any atom is -0.343 e. The van der Waals surface area contributed by atoms with Crippen molar-refractivity contribution >= 4 is 81.9 Å². The van der Waals surface area contributed by atoms with Gasteiger partial charge in [0.1, 0.15) is 60.4 Å². The molecule has 12 atom stereocenters. The predicted molar refractivity (Wildman–Crippen MR) is 344 cm³/mol. The van der Waals surface area contributed by atoms with E-state index in [0.717, 1.165) is 16.7 Å². The second-order valence-electron chi connectivity index (χ2n) is 26.7. The van der Waals surface area contributed by atoms with E-state index < -0.39 is 155 Å². The molecule has 0 unspecified atom stereocenters. The van der Waals surface area contributed by atoms with Crippen LogP contribution < -0.4 is 21.3 Å². The van der Waals surface area contributed by atoms with Crippen molar-refractivity contribution in [1.29, 1.82) is 0 Å². The normalized spacial score (nSPS) is 26.4. The molecule has 11 amide bonds. The van der Waals surface area contributed by atoms with Gasteiger partial charge in [0, 0.05) is 61.5 Å². The highest BCUT2D eigenvalue weighted by Gasteiger charge is 2.46.